The number of aryl methyl sites for hydroxylation is 1. The van der Waals surface area contributed by atoms with Gasteiger partial charge < -0.3 is 4.74 Å². The Labute approximate surface area is 173 Å². The van der Waals surface area contributed by atoms with Crippen LogP contribution in [0.25, 0.3) is 17.1 Å². The molecule has 0 N–H and O–H groups in total. The molecule has 146 valence electrons. The van der Waals surface area contributed by atoms with Crippen LogP contribution >= 0.6 is 11.8 Å². The number of rotatable bonds is 6. The number of ether oxygens (including phenoxy) is 1. The molecule has 1 aromatic heterocycles. The van der Waals surface area contributed by atoms with Gasteiger partial charge in [-0.3, -0.25) is 4.57 Å². The first-order chi connectivity index (χ1) is 14.2. The van der Waals surface area contributed by atoms with Crippen molar-refractivity contribution in [3.8, 4) is 22.8 Å². The molecule has 0 aliphatic carbocycles. The molecule has 0 unspecified atom stereocenters. The summed E-state index contributed by atoms with van der Waals surface area (Å²) in [7, 11) is 1.64. The van der Waals surface area contributed by atoms with Gasteiger partial charge in [0.2, 0.25) is 0 Å². The summed E-state index contributed by atoms with van der Waals surface area (Å²) < 4.78 is 21.4. The van der Waals surface area contributed by atoms with Gasteiger partial charge >= 0.3 is 0 Å². The van der Waals surface area contributed by atoms with Gasteiger partial charge in [-0.25, -0.2) is 4.39 Å². The second-order valence-electron chi connectivity index (χ2n) is 6.59. The van der Waals surface area contributed by atoms with Crippen LogP contribution in [0.5, 0.6) is 5.75 Å². The summed E-state index contributed by atoms with van der Waals surface area (Å²) in [5.74, 6) is 1.72. The number of aromatic nitrogens is 3. The first-order valence-corrected chi connectivity index (χ1v) is 10.2. The zero-order valence-electron chi connectivity index (χ0n) is 16.2. The number of methoxy groups -OCH3 is 1. The lowest BCUT2D eigenvalue weighted by Crippen LogP contribution is -2.00. The van der Waals surface area contributed by atoms with Crippen LogP contribution in [-0.2, 0) is 5.75 Å². The number of hydrogen-bond donors (Lipinski definition) is 0. The third-order valence-corrected chi connectivity index (χ3v) is 5.55. The molecule has 1 heterocycles. The molecule has 4 rings (SSSR count). The van der Waals surface area contributed by atoms with Gasteiger partial charge in [0.15, 0.2) is 11.0 Å². The number of hydrogen-bond acceptors (Lipinski definition) is 4. The number of nitrogens with zero attached hydrogens (tertiary/aromatic N) is 3. The van der Waals surface area contributed by atoms with Crippen LogP contribution in [0.1, 0.15) is 11.1 Å². The molecule has 0 saturated carbocycles. The number of benzene rings is 3. The molecule has 0 fully saturated rings. The first kappa shape index (κ1) is 19.2. The highest BCUT2D eigenvalue weighted by molar-refractivity contribution is 7.98. The van der Waals surface area contributed by atoms with E-state index in [1.165, 1.54) is 23.4 Å². The van der Waals surface area contributed by atoms with E-state index in [0.29, 0.717) is 22.3 Å². The first-order valence-electron chi connectivity index (χ1n) is 9.19. The van der Waals surface area contributed by atoms with E-state index in [9.17, 15) is 4.39 Å². The van der Waals surface area contributed by atoms with E-state index in [1.807, 2.05) is 54.0 Å². The minimum Gasteiger partial charge on any atom is -0.497 e. The summed E-state index contributed by atoms with van der Waals surface area (Å²) in [4.78, 5) is 0. The lowest BCUT2D eigenvalue weighted by molar-refractivity contribution is 0.415. The van der Waals surface area contributed by atoms with Gasteiger partial charge in [0.25, 0.3) is 0 Å². The Bertz CT molecular complexity index is 1130. The Morgan fingerprint density at radius 2 is 1.76 bits per heavy atom. The Kier molecular flexibility index (Phi) is 5.62. The van der Waals surface area contributed by atoms with Gasteiger partial charge in [-0.2, -0.15) is 0 Å². The van der Waals surface area contributed by atoms with Crippen molar-refractivity contribution < 1.29 is 9.13 Å². The molecule has 4 nitrogen and oxygen atoms in total. The fourth-order valence-electron chi connectivity index (χ4n) is 3.00. The van der Waals surface area contributed by atoms with Gasteiger partial charge in [-0.15, -0.1) is 10.2 Å². The van der Waals surface area contributed by atoms with Crippen LogP contribution in [0.3, 0.4) is 0 Å². The monoisotopic (exact) mass is 405 g/mol. The van der Waals surface area contributed by atoms with Crippen molar-refractivity contribution in [2.75, 3.05) is 7.11 Å². The maximum Gasteiger partial charge on any atom is 0.196 e. The van der Waals surface area contributed by atoms with Crippen LogP contribution in [0.4, 0.5) is 4.39 Å². The van der Waals surface area contributed by atoms with E-state index in [2.05, 4.69) is 22.3 Å². The van der Waals surface area contributed by atoms with Crippen molar-refractivity contribution >= 4 is 11.8 Å². The molecular weight excluding hydrogens is 385 g/mol. The summed E-state index contributed by atoms with van der Waals surface area (Å²) in [6.07, 6.45) is 0. The van der Waals surface area contributed by atoms with Crippen molar-refractivity contribution in [1.82, 2.24) is 14.8 Å². The molecule has 0 atom stereocenters. The van der Waals surface area contributed by atoms with E-state index in [0.717, 1.165) is 17.0 Å². The zero-order chi connectivity index (χ0) is 20.2. The molecule has 0 amide bonds. The third-order valence-electron chi connectivity index (χ3n) is 4.57. The van der Waals surface area contributed by atoms with E-state index in [-0.39, 0.29) is 5.82 Å². The zero-order valence-corrected chi connectivity index (χ0v) is 17.0. The Morgan fingerprint density at radius 1 is 0.966 bits per heavy atom. The van der Waals surface area contributed by atoms with Crippen molar-refractivity contribution in [3.63, 3.8) is 0 Å². The average Bonchev–Trinajstić information content (AvgIpc) is 3.18. The second kappa shape index (κ2) is 8.49. The molecule has 0 spiro atoms. The highest BCUT2D eigenvalue weighted by Crippen LogP contribution is 2.31. The van der Waals surface area contributed by atoms with Crippen molar-refractivity contribution in [1.29, 1.82) is 0 Å². The van der Waals surface area contributed by atoms with Crippen LogP contribution < -0.4 is 4.74 Å². The molecule has 0 radical (unpaired) electrons. The van der Waals surface area contributed by atoms with Crippen LogP contribution in [-0.4, -0.2) is 21.9 Å². The smallest absolute Gasteiger partial charge is 0.196 e. The Balaban J connectivity index is 1.76. The van der Waals surface area contributed by atoms with Crippen molar-refractivity contribution in [2.24, 2.45) is 0 Å². The predicted octanol–water partition coefficient (Wildman–Crippen LogP) is 5.68. The Morgan fingerprint density at radius 3 is 2.52 bits per heavy atom. The van der Waals surface area contributed by atoms with Crippen LogP contribution in [0, 0.1) is 12.7 Å². The van der Waals surface area contributed by atoms with Gasteiger partial charge in [0.1, 0.15) is 11.6 Å². The highest BCUT2D eigenvalue weighted by atomic mass is 32.2. The average molecular weight is 405 g/mol. The van der Waals surface area contributed by atoms with Gasteiger partial charge in [0, 0.05) is 17.0 Å². The molecule has 0 aliphatic heterocycles. The third kappa shape index (κ3) is 4.17. The highest BCUT2D eigenvalue weighted by Gasteiger charge is 2.17. The fraction of sp³-hybridized carbons (Fsp3) is 0.130. The minimum absolute atomic E-state index is 0.213. The van der Waals surface area contributed by atoms with E-state index in [4.69, 9.17) is 4.74 Å². The summed E-state index contributed by atoms with van der Waals surface area (Å²) in [6, 6.07) is 22.7. The predicted molar refractivity (Wildman–Crippen MR) is 114 cm³/mol. The molecule has 4 aromatic rings. The largest absolute Gasteiger partial charge is 0.497 e. The van der Waals surface area contributed by atoms with Crippen LogP contribution in [0.15, 0.2) is 78.0 Å². The van der Waals surface area contributed by atoms with E-state index in [1.54, 1.807) is 19.2 Å². The summed E-state index contributed by atoms with van der Waals surface area (Å²) in [6.45, 7) is 2.05. The molecule has 6 heteroatoms. The number of halogens is 1. The van der Waals surface area contributed by atoms with Crippen molar-refractivity contribution in [2.45, 2.75) is 17.8 Å². The van der Waals surface area contributed by atoms with Crippen molar-refractivity contribution in [3.05, 3.63) is 89.7 Å². The van der Waals surface area contributed by atoms with Gasteiger partial charge in [0.05, 0.1) is 7.11 Å². The van der Waals surface area contributed by atoms with E-state index < -0.39 is 0 Å². The van der Waals surface area contributed by atoms with E-state index >= 15 is 0 Å². The molecule has 0 bridgehead atoms. The normalized spacial score (nSPS) is 10.9. The lowest BCUT2D eigenvalue weighted by atomic mass is 10.2. The van der Waals surface area contributed by atoms with Gasteiger partial charge in [-0.05, 0) is 42.8 Å². The van der Waals surface area contributed by atoms with Gasteiger partial charge in [-0.1, -0.05) is 59.8 Å². The fourth-order valence-corrected chi connectivity index (χ4v) is 3.94. The summed E-state index contributed by atoms with van der Waals surface area (Å²) in [5.41, 5.74) is 3.66. The van der Waals surface area contributed by atoms with Crippen LogP contribution in [0.2, 0.25) is 0 Å². The Hall–Kier alpha value is -3.12. The topological polar surface area (TPSA) is 39.9 Å². The second-order valence-corrected chi connectivity index (χ2v) is 7.53. The summed E-state index contributed by atoms with van der Waals surface area (Å²) >= 11 is 1.46. The minimum atomic E-state index is -0.213. The lowest BCUT2D eigenvalue weighted by Gasteiger charge is -2.11. The molecule has 0 saturated heterocycles. The molecular formula is C23H20FN3OS. The molecule has 3 aromatic carbocycles. The maximum absolute atomic E-state index is 14.0. The number of thioether (sulfide) groups is 1. The standard InChI is InChI=1S/C23H20FN3OS/c1-16-10-12-19(13-11-16)27-22(17-7-5-8-20(14-17)28-2)25-26-23(27)29-15-18-6-3-4-9-21(18)24/h3-14H,15H2,1-2H3. The molecule has 29 heavy (non-hydrogen) atoms. The summed E-state index contributed by atoms with van der Waals surface area (Å²) in [5, 5.41) is 9.55. The quantitative estimate of drug-likeness (QED) is 0.387. The maximum atomic E-state index is 14.0. The SMILES string of the molecule is COc1cccc(-c2nnc(SCc3ccccc3F)n2-c2ccc(C)cc2)c1. The molecule has 0 aliphatic rings.